The summed E-state index contributed by atoms with van der Waals surface area (Å²) in [5, 5.41) is 9.75. The van der Waals surface area contributed by atoms with Gasteiger partial charge in [0.25, 0.3) is 6.29 Å². The number of carbonyl (C=O) groups excluding carboxylic acids is 2. The van der Waals surface area contributed by atoms with Crippen LogP contribution in [0.4, 0.5) is 0 Å². The molecular formula is C74H136NO8+. The van der Waals surface area contributed by atoms with Gasteiger partial charge in [-0.25, -0.2) is 4.79 Å². The quantitative estimate of drug-likeness (QED) is 0.0211. The summed E-state index contributed by atoms with van der Waals surface area (Å²) in [6, 6.07) is 0. The van der Waals surface area contributed by atoms with Gasteiger partial charge in [-0.2, -0.15) is 0 Å². The van der Waals surface area contributed by atoms with Crippen molar-refractivity contribution in [2.45, 2.75) is 347 Å². The first-order valence-electron chi connectivity index (χ1n) is 35.5. The monoisotopic (exact) mass is 1170 g/mol. The first-order valence-corrected chi connectivity index (χ1v) is 35.5. The van der Waals surface area contributed by atoms with Crippen LogP contribution in [0.15, 0.2) is 60.8 Å². The molecule has 9 nitrogen and oxygen atoms in total. The Kier molecular flexibility index (Phi) is 62.6. The highest BCUT2D eigenvalue weighted by atomic mass is 16.7. The zero-order valence-electron chi connectivity index (χ0n) is 55.4. The SMILES string of the molecule is CC/C=C\C/C=C\C/C=C\C/C=C\C/C=C\CCCCCCCCCCCCCC(=O)OC(COC(=O)CCCCCCCCCCCCCCCCCCCCCCCCCCCCCCCCC)COC(OCC[N+](C)(C)C)C(=O)O. The largest absolute Gasteiger partial charge is 0.477 e. The van der Waals surface area contributed by atoms with Gasteiger partial charge >= 0.3 is 17.9 Å². The van der Waals surface area contributed by atoms with E-state index in [0.717, 1.165) is 77.0 Å². The highest BCUT2D eigenvalue weighted by molar-refractivity contribution is 5.71. The molecule has 83 heavy (non-hydrogen) atoms. The van der Waals surface area contributed by atoms with Crippen LogP contribution in [0.2, 0.25) is 0 Å². The van der Waals surface area contributed by atoms with E-state index in [9.17, 15) is 19.5 Å². The Morgan fingerprint density at radius 2 is 0.687 bits per heavy atom. The van der Waals surface area contributed by atoms with Crippen LogP contribution in [0.3, 0.4) is 0 Å². The van der Waals surface area contributed by atoms with Crippen molar-refractivity contribution in [3.05, 3.63) is 60.8 Å². The molecule has 2 atom stereocenters. The first-order chi connectivity index (χ1) is 40.6. The molecule has 0 amide bonds. The highest BCUT2D eigenvalue weighted by Gasteiger charge is 2.25. The number of allylic oxidation sites excluding steroid dienone is 10. The Hall–Kier alpha value is -3.01. The fourth-order valence-corrected chi connectivity index (χ4v) is 10.4. The third-order valence-electron chi connectivity index (χ3n) is 15.8. The first kappa shape index (κ1) is 80.0. The van der Waals surface area contributed by atoms with E-state index >= 15 is 0 Å². The Morgan fingerprint density at radius 1 is 0.373 bits per heavy atom. The number of quaternary nitrogens is 1. The molecule has 0 aromatic carbocycles. The van der Waals surface area contributed by atoms with Crippen molar-refractivity contribution < 1.29 is 42.9 Å². The van der Waals surface area contributed by atoms with Crippen LogP contribution in [0, 0.1) is 0 Å². The van der Waals surface area contributed by atoms with E-state index in [1.54, 1.807) is 0 Å². The van der Waals surface area contributed by atoms with Crippen molar-refractivity contribution >= 4 is 17.9 Å². The smallest absolute Gasteiger partial charge is 0.361 e. The number of rotatable bonds is 66. The molecule has 0 radical (unpaired) electrons. The molecule has 0 fully saturated rings. The third kappa shape index (κ3) is 66.4. The van der Waals surface area contributed by atoms with Gasteiger partial charge in [0.15, 0.2) is 6.10 Å². The summed E-state index contributed by atoms with van der Waals surface area (Å²) in [7, 11) is 5.98. The summed E-state index contributed by atoms with van der Waals surface area (Å²) in [4.78, 5) is 37.6. The Morgan fingerprint density at radius 3 is 1.02 bits per heavy atom. The lowest BCUT2D eigenvalue weighted by Gasteiger charge is -2.25. The molecule has 0 rings (SSSR count). The van der Waals surface area contributed by atoms with Gasteiger partial charge in [-0.05, 0) is 57.8 Å². The molecular weight excluding hydrogens is 1030 g/mol. The standard InChI is InChI=1S/C74H135NO8/c1-6-8-10-12-14-16-18-20-22-24-26-28-30-32-34-35-36-37-39-40-42-44-46-48-50-52-54-56-58-60-62-64-71(76)81-68-70(69-82-74(73(78)79)80-67-66-75(3,4)5)83-72(77)65-63-61-59-57-55-53-51-49-47-45-43-41-38-33-31-29-27-25-23-21-19-17-15-13-11-9-7-2/h9,11,15,17,21,23,27,29,33,38,70,74H,6-8,10,12-14,16,18-20,22,24-26,28,30-32,34-37,39-69H2,1-5H3/p+1/b11-9-,17-15-,23-21-,29-27-,38-33-. The van der Waals surface area contributed by atoms with Crippen LogP contribution in [0.25, 0.3) is 0 Å². The summed E-state index contributed by atoms with van der Waals surface area (Å²) in [6.45, 7) is 4.81. The van der Waals surface area contributed by atoms with E-state index in [0.29, 0.717) is 17.4 Å². The average Bonchev–Trinajstić information content (AvgIpc) is 3.46. The van der Waals surface area contributed by atoms with E-state index in [2.05, 4.69) is 74.6 Å². The fourth-order valence-electron chi connectivity index (χ4n) is 10.4. The molecule has 484 valence electrons. The van der Waals surface area contributed by atoms with Gasteiger partial charge in [-0.3, -0.25) is 9.59 Å². The number of ether oxygens (including phenoxy) is 4. The fraction of sp³-hybridized carbons (Fsp3) is 0.824. The number of carboxylic acid groups (broad SMARTS) is 1. The number of likely N-dealkylation sites (N-methyl/N-ethyl adjacent to an activating group) is 1. The lowest BCUT2D eigenvalue weighted by molar-refractivity contribution is -0.870. The lowest BCUT2D eigenvalue weighted by atomic mass is 10.0. The Labute approximate surface area is 514 Å². The third-order valence-corrected chi connectivity index (χ3v) is 15.8. The Balaban J connectivity index is 4.08. The second-order valence-corrected chi connectivity index (χ2v) is 25.2. The molecule has 9 heteroatoms. The Bertz CT molecular complexity index is 1550. The molecule has 0 bridgehead atoms. The second-order valence-electron chi connectivity index (χ2n) is 25.2. The molecule has 0 saturated heterocycles. The summed E-state index contributed by atoms with van der Waals surface area (Å²) < 4.78 is 23.0. The molecule has 0 saturated carbocycles. The maximum atomic E-state index is 12.9. The number of esters is 2. The minimum atomic E-state index is -1.51. The molecule has 0 aromatic heterocycles. The predicted molar refractivity (Wildman–Crippen MR) is 355 cm³/mol. The maximum absolute atomic E-state index is 12.9. The van der Waals surface area contributed by atoms with Gasteiger partial charge in [0.2, 0.25) is 0 Å². The molecule has 0 aliphatic rings. The molecule has 2 unspecified atom stereocenters. The summed E-state index contributed by atoms with van der Waals surface area (Å²) in [6.07, 6.45) is 82.0. The maximum Gasteiger partial charge on any atom is 0.361 e. The van der Waals surface area contributed by atoms with Crippen LogP contribution in [-0.4, -0.2) is 87.4 Å². The van der Waals surface area contributed by atoms with Gasteiger partial charge in [0.1, 0.15) is 13.2 Å². The number of hydrogen-bond acceptors (Lipinski definition) is 7. The second kappa shape index (κ2) is 65.0. The van der Waals surface area contributed by atoms with Crippen LogP contribution in [-0.2, 0) is 33.3 Å². The van der Waals surface area contributed by atoms with E-state index in [-0.39, 0.29) is 32.2 Å². The van der Waals surface area contributed by atoms with Crippen LogP contribution >= 0.6 is 0 Å². The van der Waals surface area contributed by atoms with Gasteiger partial charge in [0.05, 0.1) is 34.4 Å². The van der Waals surface area contributed by atoms with Gasteiger partial charge in [0, 0.05) is 12.8 Å². The molecule has 0 spiro atoms. The van der Waals surface area contributed by atoms with Crippen molar-refractivity contribution in [1.29, 1.82) is 0 Å². The van der Waals surface area contributed by atoms with E-state index in [4.69, 9.17) is 18.9 Å². The van der Waals surface area contributed by atoms with Crippen LogP contribution in [0.1, 0.15) is 335 Å². The summed E-state index contributed by atoms with van der Waals surface area (Å²) in [5.41, 5.74) is 0. The number of carboxylic acids is 1. The average molecular weight is 1170 g/mol. The van der Waals surface area contributed by atoms with Gasteiger partial charge < -0.3 is 28.5 Å². The van der Waals surface area contributed by atoms with Gasteiger partial charge in [-0.1, -0.05) is 325 Å². The minimum absolute atomic E-state index is 0.181. The van der Waals surface area contributed by atoms with Crippen LogP contribution in [0.5, 0.6) is 0 Å². The number of nitrogens with zero attached hydrogens (tertiary/aromatic N) is 1. The number of unbranched alkanes of at least 4 members (excludes halogenated alkanes) is 41. The van der Waals surface area contributed by atoms with E-state index in [1.165, 1.54) is 231 Å². The molecule has 0 heterocycles. The van der Waals surface area contributed by atoms with E-state index in [1.807, 2.05) is 21.1 Å². The minimum Gasteiger partial charge on any atom is -0.477 e. The number of aliphatic carboxylic acids is 1. The molecule has 0 aliphatic carbocycles. The van der Waals surface area contributed by atoms with E-state index < -0.39 is 24.3 Å². The van der Waals surface area contributed by atoms with Crippen molar-refractivity contribution in [1.82, 2.24) is 0 Å². The normalized spacial score (nSPS) is 13.0. The van der Waals surface area contributed by atoms with Crippen molar-refractivity contribution in [2.24, 2.45) is 0 Å². The zero-order valence-corrected chi connectivity index (χ0v) is 55.4. The highest BCUT2D eigenvalue weighted by Crippen LogP contribution is 2.19. The predicted octanol–water partition coefficient (Wildman–Crippen LogP) is 21.9. The van der Waals surface area contributed by atoms with Gasteiger partial charge in [-0.15, -0.1) is 0 Å². The van der Waals surface area contributed by atoms with Crippen LogP contribution < -0.4 is 0 Å². The summed E-state index contributed by atoms with van der Waals surface area (Å²) >= 11 is 0. The molecule has 0 aromatic rings. The molecule has 1 N–H and O–H groups in total. The summed E-state index contributed by atoms with van der Waals surface area (Å²) in [5.74, 6) is -1.99. The number of carbonyl (C=O) groups is 3. The molecule has 0 aliphatic heterocycles. The van der Waals surface area contributed by atoms with Crippen molar-refractivity contribution in [2.75, 3.05) is 47.5 Å². The zero-order chi connectivity index (χ0) is 60.5. The van der Waals surface area contributed by atoms with Crippen molar-refractivity contribution in [3.8, 4) is 0 Å². The number of hydrogen-bond donors (Lipinski definition) is 1. The lowest BCUT2D eigenvalue weighted by Crippen LogP contribution is -2.40. The van der Waals surface area contributed by atoms with Crippen molar-refractivity contribution in [3.63, 3.8) is 0 Å². The topological polar surface area (TPSA) is 108 Å².